The first-order valence-electron chi connectivity index (χ1n) is 6.14. The summed E-state index contributed by atoms with van der Waals surface area (Å²) >= 11 is 0. The van der Waals surface area contributed by atoms with Gasteiger partial charge in [-0.2, -0.15) is 0 Å². The largest absolute Gasteiger partial charge is 0.355 e. The summed E-state index contributed by atoms with van der Waals surface area (Å²) in [5.41, 5.74) is 5.75. The number of nitrogens with two attached hydrogens (primary N) is 1. The van der Waals surface area contributed by atoms with Crippen LogP contribution in [0.15, 0.2) is 17.2 Å². The fraction of sp³-hybridized carbons (Fsp3) is 0.667. The number of aryl methyl sites for hydroxylation is 1. The summed E-state index contributed by atoms with van der Waals surface area (Å²) in [5.74, 6) is 1.14. The number of anilines is 1. The smallest absolute Gasteiger partial charge is 0.293 e. The van der Waals surface area contributed by atoms with Crippen LogP contribution in [-0.4, -0.2) is 29.2 Å². The van der Waals surface area contributed by atoms with Crippen molar-refractivity contribution in [1.29, 1.82) is 0 Å². The van der Waals surface area contributed by atoms with E-state index in [1.165, 1.54) is 0 Å². The van der Waals surface area contributed by atoms with Crippen molar-refractivity contribution < 1.29 is 0 Å². The van der Waals surface area contributed by atoms with Gasteiger partial charge in [-0.1, -0.05) is 0 Å². The molecule has 0 spiro atoms. The number of aromatic nitrogens is 2. The fourth-order valence-electron chi connectivity index (χ4n) is 2.36. The number of rotatable bonds is 4. The minimum atomic E-state index is -0.0129. The zero-order valence-corrected chi connectivity index (χ0v) is 10.5. The Bertz CT molecular complexity index is 436. The first-order chi connectivity index (χ1) is 8.11. The van der Waals surface area contributed by atoms with Crippen molar-refractivity contribution in [3.8, 4) is 0 Å². The third-order valence-electron chi connectivity index (χ3n) is 3.40. The van der Waals surface area contributed by atoms with E-state index in [-0.39, 0.29) is 5.56 Å². The van der Waals surface area contributed by atoms with Crippen LogP contribution in [0.2, 0.25) is 0 Å². The molecular formula is C12H20N4O. The quantitative estimate of drug-likeness (QED) is 0.823. The van der Waals surface area contributed by atoms with Gasteiger partial charge < -0.3 is 15.2 Å². The van der Waals surface area contributed by atoms with Gasteiger partial charge >= 0.3 is 0 Å². The second kappa shape index (κ2) is 4.87. The molecule has 1 aliphatic rings. The highest BCUT2D eigenvalue weighted by Crippen LogP contribution is 2.26. The molecule has 5 heteroatoms. The van der Waals surface area contributed by atoms with Crippen LogP contribution in [0.4, 0.5) is 5.82 Å². The van der Waals surface area contributed by atoms with Crippen molar-refractivity contribution >= 4 is 5.82 Å². The number of hydrogen-bond acceptors (Lipinski definition) is 4. The van der Waals surface area contributed by atoms with Crippen LogP contribution in [0.1, 0.15) is 19.8 Å². The van der Waals surface area contributed by atoms with Crippen molar-refractivity contribution in [1.82, 2.24) is 9.55 Å². The number of hydrogen-bond donors (Lipinski definition) is 1. The van der Waals surface area contributed by atoms with Crippen LogP contribution < -0.4 is 16.2 Å². The molecule has 94 valence electrons. The van der Waals surface area contributed by atoms with Crippen LogP contribution in [0, 0.1) is 5.92 Å². The summed E-state index contributed by atoms with van der Waals surface area (Å²) in [5, 5.41) is 0. The van der Waals surface area contributed by atoms with Crippen LogP contribution in [0.3, 0.4) is 0 Å². The average molecular weight is 236 g/mol. The molecule has 2 rings (SSSR count). The van der Waals surface area contributed by atoms with Crippen molar-refractivity contribution in [2.24, 2.45) is 11.7 Å². The van der Waals surface area contributed by atoms with Gasteiger partial charge in [0.25, 0.3) is 5.56 Å². The first kappa shape index (κ1) is 12.1. The molecule has 0 aromatic carbocycles. The zero-order chi connectivity index (χ0) is 12.4. The Morgan fingerprint density at radius 1 is 1.59 bits per heavy atom. The van der Waals surface area contributed by atoms with E-state index in [1.54, 1.807) is 17.0 Å². The summed E-state index contributed by atoms with van der Waals surface area (Å²) in [6.45, 7) is 3.50. The maximum absolute atomic E-state index is 12.0. The van der Waals surface area contributed by atoms with Gasteiger partial charge in [-0.15, -0.1) is 0 Å². The molecule has 1 saturated carbocycles. The lowest BCUT2D eigenvalue weighted by Gasteiger charge is -2.35. The Morgan fingerprint density at radius 2 is 2.29 bits per heavy atom. The molecule has 0 amide bonds. The second-order valence-electron chi connectivity index (χ2n) is 4.82. The fourth-order valence-corrected chi connectivity index (χ4v) is 2.36. The Labute approximate surface area is 101 Å². The predicted molar refractivity (Wildman–Crippen MR) is 68.1 cm³/mol. The summed E-state index contributed by atoms with van der Waals surface area (Å²) in [6, 6.07) is 0.351. The Kier molecular flexibility index (Phi) is 3.47. The van der Waals surface area contributed by atoms with E-state index in [9.17, 15) is 4.79 Å². The van der Waals surface area contributed by atoms with E-state index in [2.05, 4.69) is 4.98 Å². The van der Waals surface area contributed by atoms with Crippen LogP contribution >= 0.6 is 0 Å². The second-order valence-corrected chi connectivity index (χ2v) is 4.82. The maximum atomic E-state index is 12.0. The molecule has 1 aromatic rings. The molecule has 0 unspecified atom stereocenters. The maximum Gasteiger partial charge on any atom is 0.293 e. The van der Waals surface area contributed by atoms with E-state index >= 15 is 0 Å². The van der Waals surface area contributed by atoms with Gasteiger partial charge in [-0.25, -0.2) is 4.98 Å². The molecule has 0 radical (unpaired) electrons. The minimum absolute atomic E-state index is 0.0129. The van der Waals surface area contributed by atoms with Gasteiger partial charge in [0.05, 0.1) is 0 Å². The van der Waals surface area contributed by atoms with Gasteiger partial charge in [-0.3, -0.25) is 4.79 Å². The SMILES string of the molecule is CCn1ccnc(N(C)CC2CC(N)C2)c1=O. The van der Waals surface area contributed by atoms with Crippen molar-refractivity contribution in [3.05, 3.63) is 22.7 Å². The zero-order valence-electron chi connectivity index (χ0n) is 10.5. The van der Waals surface area contributed by atoms with Gasteiger partial charge in [0.15, 0.2) is 5.82 Å². The van der Waals surface area contributed by atoms with Crippen molar-refractivity contribution in [3.63, 3.8) is 0 Å². The van der Waals surface area contributed by atoms with Crippen molar-refractivity contribution in [2.45, 2.75) is 32.4 Å². The molecule has 1 aromatic heterocycles. The van der Waals surface area contributed by atoms with Gasteiger partial charge in [0.1, 0.15) is 0 Å². The monoisotopic (exact) mass is 236 g/mol. The molecule has 0 atom stereocenters. The van der Waals surface area contributed by atoms with Gasteiger partial charge in [0.2, 0.25) is 0 Å². The normalized spacial score (nSPS) is 23.2. The van der Waals surface area contributed by atoms with E-state index in [4.69, 9.17) is 5.73 Å². The summed E-state index contributed by atoms with van der Waals surface area (Å²) < 4.78 is 1.67. The summed E-state index contributed by atoms with van der Waals surface area (Å²) in [7, 11) is 1.92. The molecule has 0 saturated heterocycles. The van der Waals surface area contributed by atoms with E-state index < -0.39 is 0 Å². The third-order valence-corrected chi connectivity index (χ3v) is 3.40. The lowest BCUT2D eigenvalue weighted by molar-refractivity contribution is 0.270. The van der Waals surface area contributed by atoms with Crippen LogP contribution in [0.25, 0.3) is 0 Å². The Balaban J connectivity index is 2.08. The molecule has 0 aliphatic heterocycles. The van der Waals surface area contributed by atoms with Crippen LogP contribution in [0.5, 0.6) is 0 Å². The highest BCUT2D eigenvalue weighted by molar-refractivity contribution is 5.34. The third kappa shape index (κ3) is 2.49. The van der Waals surface area contributed by atoms with E-state index in [0.29, 0.717) is 24.3 Å². The first-order valence-corrected chi connectivity index (χ1v) is 6.14. The number of nitrogens with zero attached hydrogens (tertiary/aromatic N) is 3. The standard InChI is InChI=1S/C12H20N4O/c1-3-16-5-4-14-11(12(16)17)15(2)8-9-6-10(13)7-9/h4-5,9-10H,3,6-8,13H2,1-2H3. The van der Waals surface area contributed by atoms with E-state index in [1.807, 2.05) is 18.9 Å². The molecule has 1 heterocycles. The van der Waals surface area contributed by atoms with E-state index in [0.717, 1.165) is 19.4 Å². The molecule has 0 bridgehead atoms. The molecule has 17 heavy (non-hydrogen) atoms. The lowest BCUT2D eigenvalue weighted by Crippen LogP contribution is -2.43. The molecule has 1 fully saturated rings. The topological polar surface area (TPSA) is 64.2 Å². The predicted octanol–water partition coefficient (Wildman–Crippen LogP) is 0.437. The highest BCUT2D eigenvalue weighted by atomic mass is 16.1. The Morgan fingerprint density at radius 3 is 2.88 bits per heavy atom. The van der Waals surface area contributed by atoms with Crippen LogP contribution in [-0.2, 0) is 6.54 Å². The molecule has 2 N–H and O–H groups in total. The Hall–Kier alpha value is -1.36. The molecule has 1 aliphatic carbocycles. The minimum Gasteiger partial charge on any atom is -0.355 e. The van der Waals surface area contributed by atoms with Gasteiger partial charge in [0, 0.05) is 38.6 Å². The van der Waals surface area contributed by atoms with Crippen molar-refractivity contribution in [2.75, 3.05) is 18.5 Å². The average Bonchev–Trinajstić information content (AvgIpc) is 2.27. The molecule has 5 nitrogen and oxygen atoms in total. The van der Waals surface area contributed by atoms with Gasteiger partial charge in [-0.05, 0) is 25.7 Å². The highest BCUT2D eigenvalue weighted by Gasteiger charge is 2.27. The summed E-state index contributed by atoms with van der Waals surface area (Å²) in [4.78, 5) is 18.2. The lowest BCUT2D eigenvalue weighted by atomic mass is 9.81. The molecular weight excluding hydrogens is 216 g/mol. The summed E-state index contributed by atoms with van der Waals surface area (Å²) in [6.07, 6.45) is 5.51.